The van der Waals surface area contributed by atoms with E-state index in [-0.39, 0.29) is 30.3 Å². The smallest absolute Gasteiger partial charge is 0.239 e. The standard InChI is InChI=1S/C13H25N3O2/c1-4-15-12(17)8-16(3)13(18)10-5-6-11(14)9(2)7-10/h9-11H,4-8,14H2,1-3H3,(H,15,17). The van der Waals surface area contributed by atoms with Gasteiger partial charge >= 0.3 is 0 Å². The van der Waals surface area contributed by atoms with Gasteiger partial charge < -0.3 is 16.0 Å². The summed E-state index contributed by atoms with van der Waals surface area (Å²) >= 11 is 0. The van der Waals surface area contributed by atoms with Crippen molar-refractivity contribution in [3.8, 4) is 0 Å². The summed E-state index contributed by atoms with van der Waals surface area (Å²) in [6.45, 7) is 4.69. The third kappa shape index (κ3) is 3.98. The maximum Gasteiger partial charge on any atom is 0.239 e. The van der Waals surface area contributed by atoms with Crippen molar-refractivity contribution in [2.45, 2.75) is 39.2 Å². The summed E-state index contributed by atoms with van der Waals surface area (Å²) in [6.07, 6.45) is 2.57. The molecule has 1 rings (SSSR count). The van der Waals surface area contributed by atoms with Gasteiger partial charge in [0.1, 0.15) is 0 Å². The van der Waals surface area contributed by atoms with E-state index < -0.39 is 0 Å². The van der Waals surface area contributed by atoms with Crippen molar-refractivity contribution in [3.63, 3.8) is 0 Å². The molecular weight excluding hydrogens is 230 g/mol. The highest BCUT2D eigenvalue weighted by atomic mass is 16.2. The van der Waals surface area contributed by atoms with Crippen LogP contribution in [-0.2, 0) is 9.59 Å². The van der Waals surface area contributed by atoms with E-state index in [4.69, 9.17) is 5.73 Å². The van der Waals surface area contributed by atoms with E-state index in [1.54, 1.807) is 7.05 Å². The summed E-state index contributed by atoms with van der Waals surface area (Å²) in [5.41, 5.74) is 5.95. The Kier molecular flexibility index (Phi) is 5.59. The number of amides is 2. The molecule has 0 heterocycles. The SMILES string of the molecule is CCNC(=O)CN(C)C(=O)C1CCC(N)C(C)C1. The lowest BCUT2D eigenvalue weighted by molar-refractivity contribution is -0.139. The molecule has 0 aromatic carbocycles. The van der Waals surface area contributed by atoms with Crippen molar-refractivity contribution in [1.82, 2.24) is 10.2 Å². The van der Waals surface area contributed by atoms with Gasteiger partial charge in [-0.15, -0.1) is 0 Å². The van der Waals surface area contributed by atoms with Gasteiger partial charge in [-0.25, -0.2) is 0 Å². The zero-order chi connectivity index (χ0) is 13.7. The van der Waals surface area contributed by atoms with Gasteiger partial charge in [-0.2, -0.15) is 0 Å². The highest BCUT2D eigenvalue weighted by molar-refractivity contribution is 5.85. The fourth-order valence-corrected chi connectivity index (χ4v) is 2.50. The van der Waals surface area contributed by atoms with E-state index in [1.807, 2.05) is 6.92 Å². The molecule has 0 saturated heterocycles. The van der Waals surface area contributed by atoms with Gasteiger partial charge in [-0.3, -0.25) is 9.59 Å². The van der Waals surface area contributed by atoms with Gasteiger partial charge in [-0.1, -0.05) is 6.92 Å². The second-order valence-corrected chi connectivity index (χ2v) is 5.30. The van der Waals surface area contributed by atoms with Crippen molar-refractivity contribution >= 4 is 11.8 Å². The van der Waals surface area contributed by atoms with Crippen LogP contribution in [-0.4, -0.2) is 42.9 Å². The van der Waals surface area contributed by atoms with Crippen LogP contribution in [0.25, 0.3) is 0 Å². The molecule has 1 fully saturated rings. The Bertz CT molecular complexity index is 307. The molecule has 5 heteroatoms. The number of hydrogen-bond donors (Lipinski definition) is 2. The maximum absolute atomic E-state index is 12.2. The zero-order valence-electron chi connectivity index (χ0n) is 11.6. The Morgan fingerprint density at radius 2 is 2.06 bits per heavy atom. The maximum atomic E-state index is 12.2. The average Bonchev–Trinajstić information content (AvgIpc) is 2.32. The molecule has 0 bridgehead atoms. The average molecular weight is 255 g/mol. The summed E-state index contributed by atoms with van der Waals surface area (Å²) < 4.78 is 0. The van der Waals surface area contributed by atoms with E-state index in [1.165, 1.54) is 4.90 Å². The lowest BCUT2D eigenvalue weighted by atomic mass is 9.79. The predicted molar refractivity (Wildman–Crippen MR) is 70.8 cm³/mol. The Morgan fingerprint density at radius 1 is 1.39 bits per heavy atom. The molecule has 0 aromatic heterocycles. The minimum absolute atomic E-state index is 0.0271. The van der Waals surface area contributed by atoms with Crippen LogP contribution in [0.2, 0.25) is 0 Å². The van der Waals surface area contributed by atoms with Crippen LogP contribution in [0.4, 0.5) is 0 Å². The largest absolute Gasteiger partial charge is 0.355 e. The molecule has 0 spiro atoms. The molecule has 1 saturated carbocycles. The molecule has 3 atom stereocenters. The van der Waals surface area contributed by atoms with Gasteiger partial charge in [0, 0.05) is 25.6 Å². The molecule has 1 aliphatic carbocycles. The van der Waals surface area contributed by atoms with Gasteiger partial charge in [-0.05, 0) is 32.1 Å². The first-order chi connectivity index (χ1) is 8.45. The Hall–Kier alpha value is -1.10. The van der Waals surface area contributed by atoms with Gasteiger partial charge in [0.25, 0.3) is 0 Å². The van der Waals surface area contributed by atoms with Gasteiger partial charge in [0.15, 0.2) is 0 Å². The number of nitrogens with one attached hydrogen (secondary N) is 1. The molecular formula is C13H25N3O2. The second kappa shape index (κ2) is 6.73. The van der Waals surface area contributed by atoms with E-state index in [2.05, 4.69) is 12.2 Å². The molecule has 0 aliphatic heterocycles. The van der Waals surface area contributed by atoms with Crippen LogP contribution >= 0.6 is 0 Å². The molecule has 3 N–H and O–H groups in total. The third-order valence-corrected chi connectivity index (χ3v) is 3.72. The van der Waals surface area contributed by atoms with Gasteiger partial charge in [0.2, 0.25) is 11.8 Å². The number of nitrogens with two attached hydrogens (primary N) is 1. The Labute approximate surface area is 109 Å². The van der Waals surface area contributed by atoms with E-state index in [9.17, 15) is 9.59 Å². The van der Waals surface area contributed by atoms with E-state index >= 15 is 0 Å². The molecule has 1 aliphatic rings. The van der Waals surface area contributed by atoms with Crippen LogP contribution < -0.4 is 11.1 Å². The quantitative estimate of drug-likeness (QED) is 0.761. The number of hydrogen-bond acceptors (Lipinski definition) is 3. The number of rotatable bonds is 4. The molecule has 3 unspecified atom stereocenters. The summed E-state index contributed by atoms with van der Waals surface area (Å²) in [4.78, 5) is 25.2. The van der Waals surface area contributed by atoms with Crippen molar-refractivity contribution in [1.29, 1.82) is 0 Å². The fourth-order valence-electron chi connectivity index (χ4n) is 2.50. The van der Waals surface area contributed by atoms with Crippen LogP contribution in [0, 0.1) is 11.8 Å². The highest BCUT2D eigenvalue weighted by Crippen LogP contribution is 2.29. The predicted octanol–water partition coefficient (Wildman–Crippen LogP) is 0.344. The Balaban J connectivity index is 2.46. The summed E-state index contributed by atoms with van der Waals surface area (Å²) in [5.74, 6) is 0.374. The van der Waals surface area contributed by atoms with Crippen LogP contribution in [0.1, 0.15) is 33.1 Å². The second-order valence-electron chi connectivity index (χ2n) is 5.30. The normalized spacial score (nSPS) is 27.7. The first-order valence-electron chi connectivity index (χ1n) is 6.73. The monoisotopic (exact) mass is 255 g/mol. The molecule has 18 heavy (non-hydrogen) atoms. The molecule has 0 radical (unpaired) electrons. The van der Waals surface area contributed by atoms with Crippen LogP contribution in [0.15, 0.2) is 0 Å². The fraction of sp³-hybridized carbons (Fsp3) is 0.846. The topological polar surface area (TPSA) is 75.4 Å². The van der Waals surface area contributed by atoms with Crippen molar-refractivity contribution in [3.05, 3.63) is 0 Å². The van der Waals surface area contributed by atoms with Crippen LogP contribution in [0.3, 0.4) is 0 Å². The number of nitrogens with zero attached hydrogens (tertiary/aromatic N) is 1. The third-order valence-electron chi connectivity index (χ3n) is 3.72. The molecule has 104 valence electrons. The first kappa shape index (κ1) is 15.0. The minimum atomic E-state index is -0.103. The lowest BCUT2D eigenvalue weighted by Gasteiger charge is -2.33. The van der Waals surface area contributed by atoms with Gasteiger partial charge in [0.05, 0.1) is 6.54 Å². The van der Waals surface area contributed by atoms with E-state index in [0.29, 0.717) is 12.5 Å². The molecule has 0 aromatic rings. The lowest BCUT2D eigenvalue weighted by Crippen LogP contribution is -2.44. The number of carbonyl (C=O) groups is 2. The summed E-state index contributed by atoms with van der Waals surface area (Å²) in [7, 11) is 1.69. The van der Waals surface area contributed by atoms with Crippen molar-refractivity contribution in [2.75, 3.05) is 20.1 Å². The molecule has 5 nitrogen and oxygen atoms in total. The number of likely N-dealkylation sites (N-methyl/N-ethyl adjacent to an activating group) is 2. The Morgan fingerprint density at radius 3 is 2.61 bits per heavy atom. The molecule has 2 amide bonds. The van der Waals surface area contributed by atoms with E-state index in [0.717, 1.165) is 19.3 Å². The highest BCUT2D eigenvalue weighted by Gasteiger charge is 2.31. The zero-order valence-corrected chi connectivity index (χ0v) is 11.6. The summed E-state index contributed by atoms with van der Waals surface area (Å²) in [6, 6.07) is 0.211. The van der Waals surface area contributed by atoms with Crippen molar-refractivity contribution in [2.24, 2.45) is 17.6 Å². The van der Waals surface area contributed by atoms with Crippen molar-refractivity contribution < 1.29 is 9.59 Å². The van der Waals surface area contributed by atoms with Crippen LogP contribution in [0.5, 0.6) is 0 Å². The first-order valence-corrected chi connectivity index (χ1v) is 6.73. The summed E-state index contributed by atoms with van der Waals surface area (Å²) in [5, 5.41) is 2.70. The minimum Gasteiger partial charge on any atom is -0.355 e. The number of carbonyl (C=O) groups excluding carboxylic acids is 2.